The summed E-state index contributed by atoms with van der Waals surface area (Å²) in [5.74, 6) is 0.515. The number of hydrogen-bond donors (Lipinski definition) is 2. The summed E-state index contributed by atoms with van der Waals surface area (Å²) in [5.41, 5.74) is 1.64. The van der Waals surface area contributed by atoms with Crippen LogP contribution in [0.25, 0.3) is 0 Å². The second-order valence-electron chi connectivity index (χ2n) is 5.43. The fraction of sp³-hybridized carbons (Fsp3) is 0.263. The minimum atomic E-state index is -0.241. The summed E-state index contributed by atoms with van der Waals surface area (Å²) in [6.45, 7) is 4.71. The highest BCUT2D eigenvalue weighted by molar-refractivity contribution is 7.80. The average molecular weight is 342 g/mol. The van der Waals surface area contributed by atoms with Crippen LogP contribution in [0.3, 0.4) is 0 Å². The highest BCUT2D eigenvalue weighted by Gasteiger charge is 2.11. The van der Waals surface area contributed by atoms with Crippen LogP contribution < -0.4 is 15.4 Å². The molecule has 2 aromatic rings. The Labute approximate surface area is 148 Å². The molecular formula is C19H22N2O2S. The predicted octanol–water partition coefficient (Wildman–Crippen LogP) is 3.84. The number of nitrogens with one attached hydrogen (secondary N) is 2. The summed E-state index contributed by atoms with van der Waals surface area (Å²) in [6.07, 6.45) is 0.946. The summed E-state index contributed by atoms with van der Waals surface area (Å²) in [4.78, 5) is 12.2. The number of hydrogen-bond acceptors (Lipinski definition) is 3. The first kappa shape index (κ1) is 17.9. The molecule has 0 saturated carbocycles. The quantitative estimate of drug-likeness (QED) is 0.783. The van der Waals surface area contributed by atoms with E-state index in [4.69, 9.17) is 17.0 Å². The number of ether oxygens (including phenoxy) is 1. The van der Waals surface area contributed by atoms with Gasteiger partial charge in [0.25, 0.3) is 5.91 Å². The molecule has 126 valence electrons. The molecule has 1 amide bonds. The van der Waals surface area contributed by atoms with E-state index in [1.807, 2.05) is 44.2 Å². The smallest absolute Gasteiger partial charge is 0.257 e. The third-order valence-corrected chi connectivity index (χ3v) is 3.68. The number of amides is 1. The Bertz CT molecular complexity index is 672. The largest absolute Gasteiger partial charge is 0.494 e. The standard InChI is InChI=1S/C19H22N2O2S/c1-3-13-23-17-11-9-16(10-12-17)18(22)21-19(24)20-14(2)15-7-5-4-6-8-15/h4-12,14H,3,13H2,1-2H3,(H2,20,21,22,24). The fourth-order valence-electron chi connectivity index (χ4n) is 2.16. The average Bonchev–Trinajstić information content (AvgIpc) is 2.61. The van der Waals surface area contributed by atoms with Gasteiger partial charge in [-0.25, -0.2) is 0 Å². The van der Waals surface area contributed by atoms with Gasteiger partial charge in [-0.1, -0.05) is 37.3 Å². The molecular weight excluding hydrogens is 320 g/mol. The molecule has 0 aliphatic carbocycles. The lowest BCUT2D eigenvalue weighted by atomic mass is 10.1. The van der Waals surface area contributed by atoms with Gasteiger partial charge in [0.2, 0.25) is 0 Å². The first-order chi connectivity index (χ1) is 11.6. The monoisotopic (exact) mass is 342 g/mol. The zero-order chi connectivity index (χ0) is 17.4. The van der Waals surface area contributed by atoms with Gasteiger partial charge in [-0.05, 0) is 55.4 Å². The van der Waals surface area contributed by atoms with Gasteiger partial charge in [-0.2, -0.15) is 0 Å². The summed E-state index contributed by atoms with van der Waals surface area (Å²) < 4.78 is 5.50. The minimum absolute atomic E-state index is 0.0174. The van der Waals surface area contributed by atoms with Crippen molar-refractivity contribution in [3.8, 4) is 5.75 Å². The van der Waals surface area contributed by atoms with Gasteiger partial charge in [-0.15, -0.1) is 0 Å². The summed E-state index contributed by atoms with van der Waals surface area (Å²) in [6, 6.07) is 17.0. The lowest BCUT2D eigenvalue weighted by Crippen LogP contribution is -2.40. The van der Waals surface area contributed by atoms with Gasteiger partial charge < -0.3 is 10.1 Å². The van der Waals surface area contributed by atoms with Crippen LogP contribution in [-0.2, 0) is 0 Å². The Kier molecular flexibility index (Phi) is 6.75. The number of carbonyl (C=O) groups excluding carboxylic acids is 1. The molecule has 0 aliphatic heterocycles. The summed E-state index contributed by atoms with van der Waals surface area (Å²) in [5, 5.41) is 6.12. The van der Waals surface area contributed by atoms with Gasteiger partial charge >= 0.3 is 0 Å². The van der Waals surface area contributed by atoms with Crippen LogP contribution in [0.5, 0.6) is 5.75 Å². The Morgan fingerprint density at radius 1 is 1.12 bits per heavy atom. The van der Waals surface area contributed by atoms with Crippen molar-refractivity contribution in [1.82, 2.24) is 10.6 Å². The number of rotatable bonds is 6. The first-order valence-corrected chi connectivity index (χ1v) is 8.40. The molecule has 2 aromatic carbocycles. The van der Waals surface area contributed by atoms with Crippen molar-refractivity contribution in [3.05, 3.63) is 65.7 Å². The van der Waals surface area contributed by atoms with Crippen LogP contribution >= 0.6 is 12.2 Å². The van der Waals surface area contributed by atoms with E-state index in [9.17, 15) is 4.79 Å². The molecule has 5 heteroatoms. The molecule has 0 radical (unpaired) electrons. The van der Waals surface area contributed by atoms with Crippen LogP contribution in [-0.4, -0.2) is 17.6 Å². The molecule has 24 heavy (non-hydrogen) atoms. The van der Waals surface area contributed by atoms with E-state index in [1.54, 1.807) is 24.3 Å². The van der Waals surface area contributed by atoms with E-state index >= 15 is 0 Å². The van der Waals surface area contributed by atoms with E-state index < -0.39 is 0 Å². The molecule has 0 heterocycles. The second kappa shape index (κ2) is 9.03. The Hall–Kier alpha value is -2.40. The second-order valence-corrected chi connectivity index (χ2v) is 5.84. The Morgan fingerprint density at radius 2 is 1.79 bits per heavy atom. The van der Waals surface area contributed by atoms with Gasteiger partial charge in [-0.3, -0.25) is 10.1 Å². The van der Waals surface area contributed by atoms with Crippen molar-refractivity contribution in [2.45, 2.75) is 26.3 Å². The molecule has 0 spiro atoms. The van der Waals surface area contributed by atoms with Crippen LogP contribution in [0, 0.1) is 0 Å². The maximum Gasteiger partial charge on any atom is 0.257 e. The van der Waals surface area contributed by atoms with Crippen molar-refractivity contribution in [3.63, 3.8) is 0 Å². The number of carbonyl (C=O) groups is 1. The van der Waals surface area contributed by atoms with Gasteiger partial charge in [0.1, 0.15) is 5.75 Å². The Balaban J connectivity index is 1.88. The van der Waals surface area contributed by atoms with Gasteiger partial charge in [0, 0.05) is 5.56 Å². The topological polar surface area (TPSA) is 50.4 Å². The molecule has 0 bridgehead atoms. The maximum absolute atomic E-state index is 12.2. The predicted molar refractivity (Wildman–Crippen MR) is 100 cm³/mol. The van der Waals surface area contributed by atoms with Crippen molar-refractivity contribution in [1.29, 1.82) is 0 Å². The number of thiocarbonyl (C=S) groups is 1. The Morgan fingerprint density at radius 3 is 2.42 bits per heavy atom. The lowest BCUT2D eigenvalue weighted by molar-refractivity contribution is 0.0976. The highest BCUT2D eigenvalue weighted by Crippen LogP contribution is 2.13. The van der Waals surface area contributed by atoms with Gasteiger partial charge in [0.15, 0.2) is 5.11 Å². The third-order valence-electron chi connectivity index (χ3n) is 3.46. The lowest BCUT2D eigenvalue weighted by Gasteiger charge is -2.16. The molecule has 1 unspecified atom stereocenters. The van der Waals surface area contributed by atoms with E-state index in [2.05, 4.69) is 10.6 Å². The summed E-state index contributed by atoms with van der Waals surface area (Å²) in [7, 11) is 0. The maximum atomic E-state index is 12.2. The van der Waals surface area contributed by atoms with Crippen LogP contribution in [0.15, 0.2) is 54.6 Å². The van der Waals surface area contributed by atoms with Crippen molar-refractivity contribution < 1.29 is 9.53 Å². The molecule has 1 atom stereocenters. The van der Waals surface area contributed by atoms with E-state index in [-0.39, 0.29) is 11.9 Å². The zero-order valence-electron chi connectivity index (χ0n) is 13.9. The molecule has 4 nitrogen and oxygen atoms in total. The van der Waals surface area contributed by atoms with Gasteiger partial charge in [0.05, 0.1) is 12.6 Å². The molecule has 0 aliphatic rings. The highest BCUT2D eigenvalue weighted by atomic mass is 32.1. The summed E-state index contributed by atoms with van der Waals surface area (Å²) >= 11 is 5.22. The van der Waals surface area contributed by atoms with Crippen LogP contribution in [0.1, 0.15) is 42.2 Å². The molecule has 0 fully saturated rings. The first-order valence-electron chi connectivity index (χ1n) is 7.99. The SMILES string of the molecule is CCCOc1ccc(C(=O)NC(=S)NC(C)c2ccccc2)cc1. The fourth-order valence-corrected chi connectivity index (χ4v) is 2.42. The minimum Gasteiger partial charge on any atom is -0.494 e. The molecule has 2 rings (SSSR count). The van der Waals surface area contributed by atoms with E-state index in [0.29, 0.717) is 17.3 Å². The normalized spacial score (nSPS) is 11.4. The van der Waals surface area contributed by atoms with Crippen molar-refractivity contribution in [2.75, 3.05) is 6.61 Å². The molecule has 2 N–H and O–H groups in total. The van der Waals surface area contributed by atoms with Crippen molar-refractivity contribution in [2.24, 2.45) is 0 Å². The third kappa shape index (κ3) is 5.35. The van der Waals surface area contributed by atoms with E-state index in [1.165, 1.54) is 0 Å². The zero-order valence-corrected chi connectivity index (χ0v) is 14.7. The van der Waals surface area contributed by atoms with Crippen molar-refractivity contribution >= 4 is 23.2 Å². The van der Waals surface area contributed by atoms with E-state index in [0.717, 1.165) is 17.7 Å². The molecule has 0 saturated heterocycles. The number of benzene rings is 2. The van der Waals surface area contributed by atoms with Crippen LogP contribution in [0.4, 0.5) is 0 Å². The molecule has 0 aromatic heterocycles. The van der Waals surface area contributed by atoms with Crippen LogP contribution in [0.2, 0.25) is 0 Å².